The zero-order chi connectivity index (χ0) is 15.6. The monoisotopic (exact) mass is 321 g/mol. The number of hydrogen-bond acceptors (Lipinski definition) is 4. The first-order chi connectivity index (χ1) is 10.5. The van der Waals surface area contributed by atoms with Gasteiger partial charge in [0, 0.05) is 13.2 Å². The average molecular weight is 321 g/mol. The summed E-state index contributed by atoms with van der Waals surface area (Å²) in [7, 11) is -3.56. The van der Waals surface area contributed by atoms with E-state index in [9.17, 15) is 8.42 Å². The topological polar surface area (TPSA) is 73.2 Å². The molecule has 22 heavy (non-hydrogen) atoms. The lowest BCUT2D eigenvalue weighted by molar-refractivity contribution is 0.114. The van der Waals surface area contributed by atoms with Gasteiger partial charge in [-0.2, -0.15) is 5.10 Å². The Morgan fingerprint density at radius 2 is 2.14 bits per heavy atom. The predicted molar refractivity (Wildman–Crippen MR) is 82.5 cm³/mol. The molecule has 1 N–H and O–H groups in total. The molecule has 2 heterocycles. The number of aromatic nitrogens is 2. The molecule has 0 radical (unpaired) electrons. The van der Waals surface area contributed by atoms with E-state index in [1.54, 1.807) is 4.68 Å². The van der Waals surface area contributed by atoms with Crippen LogP contribution in [0.1, 0.15) is 18.4 Å². The Morgan fingerprint density at radius 1 is 1.36 bits per heavy atom. The zero-order valence-electron chi connectivity index (χ0n) is 12.4. The fourth-order valence-electron chi connectivity index (χ4n) is 2.38. The van der Waals surface area contributed by atoms with Gasteiger partial charge >= 0.3 is 0 Å². The van der Waals surface area contributed by atoms with E-state index in [1.165, 1.54) is 12.4 Å². The van der Waals surface area contributed by atoms with Crippen LogP contribution in [0, 0.1) is 6.92 Å². The van der Waals surface area contributed by atoms with Crippen LogP contribution < -0.4 is 4.72 Å². The van der Waals surface area contributed by atoms with E-state index in [2.05, 4.69) is 9.82 Å². The number of rotatable bonds is 5. The molecule has 6 nitrogen and oxygen atoms in total. The van der Waals surface area contributed by atoms with E-state index in [-0.39, 0.29) is 11.0 Å². The van der Waals surface area contributed by atoms with Gasteiger partial charge in [-0.3, -0.25) is 0 Å². The van der Waals surface area contributed by atoms with E-state index in [4.69, 9.17) is 4.74 Å². The Labute approximate surface area is 130 Å². The second-order valence-electron chi connectivity index (χ2n) is 5.44. The first kappa shape index (κ1) is 15.2. The number of benzene rings is 1. The lowest BCUT2D eigenvalue weighted by Gasteiger charge is -2.10. The molecule has 0 bridgehead atoms. The van der Waals surface area contributed by atoms with Crippen LogP contribution in [0.4, 0.5) is 0 Å². The van der Waals surface area contributed by atoms with E-state index in [0.717, 1.165) is 24.1 Å². The first-order valence-corrected chi connectivity index (χ1v) is 8.76. The summed E-state index contributed by atoms with van der Waals surface area (Å²) in [6.45, 7) is 3.01. The van der Waals surface area contributed by atoms with Crippen LogP contribution in [0.15, 0.2) is 41.6 Å². The minimum absolute atomic E-state index is 0.0260. The average Bonchev–Trinajstić information content (AvgIpc) is 3.18. The largest absolute Gasteiger partial charge is 0.377 e. The van der Waals surface area contributed by atoms with Crippen molar-refractivity contribution in [2.45, 2.75) is 30.8 Å². The Kier molecular flexibility index (Phi) is 4.28. The van der Waals surface area contributed by atoms with Gasteiger partial charge in [-0.05, 0) is 31.9 Å². The molecule has 118 valence electrons. The molecule has 1 aromatic carbocycles. The van der Waals surface area contributed by atoms with E-state index >= 15 is 0 Å². The van der Waals surface area contributed by atoms with Gasteiger partial charge in [-0.25, -0.2) is 17.8 Å². The summed E-state index contributed by atoms with van der Waals surface area (Å²) in [4.78, 5) is 0.158. The molecule has 1 saturated heterocycles. The number of ether oxygens (including phenoxy) is 1. The standard InChI is InChI=1S/C15H19N3O3S/c1-12-4-6-13(7-5-12)18-11-15(10-16-18)22(19,20)17-9-14-3-2-8-21-14/h4-7,10-11,14,17H,2-3,8-9H2,1H3. The SMILES string of the molecule is Cc1ccc(-n2cc(S(=O)(=O)NCC3CCCO3)cn2)cc1. The number of sulfonamides is 1. The summed E-state index contributed by atoms with van der Waals surface area (Å²) in [6.07, 6.45) is 4.73. The van der Waals surface area contributed by atoms with Gasteiger partial charge in [-0.15, -0.1) is 0 Å². The first-order valence-electron chi connectivity index (χ1n) is 7.27. The molecule has 0 spiro atoms. The zero-order valence-corrected chi connectivity index (χ0v) is 13.2. The highest BCUT2D eigenvalue weighted by molar-refractivity contribution is 7.89. The Morgan fingerprint density at radius 3 is 2.82 bits per heavy atom. The second kappa shape index (κ2) is 6.20. The molecule has 0 amide bonds. The molecular weight excluding hydrogens is 302 g/mol. The van der Waals surface area contributed by atoms with Crippen molar-refractivity contribution >= 4 is 10.0 Å². The summed E-state index contributed by atoms with van der Waals surface area (Å²) in [5.41, 5.74) is 1.97. The molecule has 1 atom stereocenters. The molecule has 0 saturated carbocycles. The Hall–Kier alpha value is -1.70. The van der Waals surface area contributed by atoms with Gasteiger partial charge in [0.25, 0.3) is 0 Å². The minimum atomic E-state index is -3.56. The van der Waals surface area contributed by atoms with Gasteiger partial charge in [0.15, 0.2) is 0 Å². The molecule has 3 rings (SSSR count). The summed E-state index contributed by atoms with van der Waals surface area (Å²) >= 11 is 0. The smallest absolute Gasteiger partial charge is 0.243 e. The molecule has 0 aliphatic carbocycles. The number of nitrogens with zero attached hydrogens (tertiary/aromatic N) is 2. The van der Waals surface area contributed by atoms with Crippen molar-refractivity contribution in [2.75, 3.05) is 13.2 Å². The third-order valence-electron chi connectivity index (χ3n) is 3.69. The Balaban J connectivity index is 1.72. The van der Waals surface area contributed by atoms with Gasteiger partial charge < -0.3 is 4.74 Å². The number of aryl methyl sites for hydroxylation is 1. The van der Waals surface area contributed by atoms with Gasteiger partial charge in [0.05, 0.1) is 24.2 Å². The van der Waals surface area contributed by atoms with E-state index < -0.39 is 10.0 Å². The van der Waals surface area contributed by atoms with Crippen molar-refractivity contribution in [1.82, 2.24) is 14.5 Å². The Bertz CT molecular complexity index is 732. The fourth-order valence-corrected chi connectivity index (χ4v) is 3.37. The van der Waals surface area contributed by atoms with Crippen LogP contribution in [0.25, 0.3) is 5.69 Å². The van der Waals surface area contributed by atoms with Gasteiger partial charge in [-0.1, -0.05) is 17.7 Å². The summed E-state index contributed by atoms with van der Waals surface area (Å²) < 4.78 is 34.1. The number of hydrogen-bond donors (Lipinski definition) is 1. The highest BCUT2D eigenvalue weighted by Crippen LogP contribution is 2.15. The molecule has 1 unspecified atom stereocenters. The van der Waals surface area contributed by atoms with Crippen molar-refractivity contribution in [1.29, 1.82) is 0 Å². The van der Waals surface area contributed by atoms with Crippen LogP contribution >= 0.6 is 0 Å². The number of nitrogens with one attached hydrogen (secondary N) is 1. The predicted octanol–water partition coefficient (Wildman–Crippen LogP) is 1.64. The normalized spacial score (nSPS) is 18.7. The molecular formula is C15H19N3O3S. The van der Waals surface area contributed by atoms with Crippen molar-refractivity contribution in [3.05, 3.63) is 42.2 Å². The molecule has 2 aromatic rings. The van der Waals surface area contributed by atoms with E-state index in [0.29, 0.717) is 13.2 Å². The summed E-state index contributed by atoms with van der Waals surface area (Å²) in [5, 5.41) is 4.13. The molecule has 1 aliphatic heterocycles. The third-order valence-corrected chi connectivity index (χ3v) is 5.07. The van der Waals surface area contributed by atoms with Gasteiger partial charge in [0.1, 0.15) is 4.90 Å². The fraction of sp³-hybridized carbons (Fsp3) is 0.400. The second-order valence-corrected chi connectivity index (χ2v) is 7.21. The van der Waals surface area contributed by atoms with Gasteiger partial charge in [0.2, 0.25) is 10.0 Å². The lowest BCUT2D eigenvalue weighted by atomic mass is 10.2. The van der Waals surface area contributed by atoms with Crippen molar-refractivity contribution in [3.8, 4) is 5.69 Å². The highest BCUT2D eigenvalue weighted by atomic mass is 32.2. The van der Waals surface area contributed by atoms with Crippen molar-refractivity contribution in [2.24, 2.45) is 0 Å². The maximum absolute atomic E-state index is 12.3. The summed E-state index contributed by atoms with van der Waals surface area (Å²) in [6, 6.07) is 7.72. The van der Waals surface area contributed by atoms with Crippen molar-refractivity contribution in [3.63, 3.8) is 0 Å². The van der Waals surface area contributed by atoms with Crippen molar-refractivity contribution < 1.29 is 13.2 Å². The molecule has 7 heteroatoms. The van der Waals surface area contributed by atoms with Crippen LogP contribution in [0.3, 0.4) is 0 Å². The maximum Gasteiger partial charge on any atom is 0.243 e. The van der Waals surface area contributed by atoms with Crippen LogP contribution in [0.5, 0.6) is 0 Å². The minimum Gasteiger partial charge on any atom is -0.377 e. The molecule has 1 aromatic heterocycles. The molecule has 1 fully saturated rings. The van der Waals surface area contributed by atoms with E-state index in [1.807, 2.05) is 31.2 Å². The maximum atomic E-state index is 12.3. The molecule has 1 aliphatic rings. The lowest BCUT2D eigenvalue weighted by Crippen LogP contribution is -2.31. The highest BCUT2D eigenvalue weighted by Gasteiger charge is 2.21. The van der Waals surface area contributed by atoms with Crippen LogP contribution in [0.2, 0.25) is 0 Å². The quantitative estimate of drug-likeness (QED) is 0.908. The summed E-state index contributed by atoms with van der Waals surface area (Å²) in [5.74, 6) is 0. The van der Waals surface area contributed by atoms with Crippen LogP contribution in [-0.2, 0) is 14.8 Å². The third kappa shape index (κ3) is 3.37. The van der Waals surface area contributed by atoms with Crippen LogP contribution in [-0.4, -0.2) is 37.5 Å².